The van der Waals surface area contributed by atoms with Gasteiger partial charge in [0.2, 0.25) is 0 Å². The van der Waals surface area contributed by atoms with Crippen molar-refractivity contribution in [3.8, 4) is 0 Å². The van der Waals surface area contributed by atoms with E-state index in [9.17, 15) is 9.59 Å². The van der Waals surface area contributed by atoms with E-state index in [1.807, 2.05) is 36.4 Å². The molecule has 1 aliphatic rings. The molecule has 5 nitrogen and oxygen atoms in total. The number of benzene rings is 2. The Balaban J connectivity index is 1.76. The van der Waals surface area contributed by atoms with Crippen LogP contribution in [0.2, 0.25) is 0 Å². The van der Waals surface area contributed by atoms with Crippen LogP contribution in [0.25, 0.3) is 6.08 Å². The molecule has 0 spiro atoms. The molecule has 0 unspecified atom stereocenters. The molecule has 0 radical (unpaired) electrons. The Hall–Kier alpha value is -2.99. The monoisotopic (exact) mass is 495 g/mol. The molecule has 2 heterocycles. The molecule has 7 heteroatoms. The molecule has 4 rings (SSSR count). The van der Waals surface area contributed by atoms with Gasteiger partial charge in [0.05, 0.1) is 0 Å². The predicted molar refractivity (Wildman–Crippen MR) is 129 cm³/mol. The molecule has 1 fully saturated rings. The molecule has 1 aromatic heterocycles. The summed E-state index contributed by atoms with van der Waals surface area (Å²) in [7, 11) is 3.18. The van der Waals surface area contributed by atoms with E-state index in [-0.39, 0.29) is 37.0 Å². The van der Waals surface area contributed by atoms with Crippen molar-refractivity contribution in [1.82, 2.24) is 9.80 Å². The number of thiocarbonyl (C=S) groups is 1. The van der Waals surface area contributed by atoms with E-state index in [0.29, 0.717) is 0 Å². The van der Waals surface area contributed by atoms with Crippen LogP contribution in [0.1, 0.15) is 10.0 Å². The Morgan fingerprint density at radius 1 is 0.871 bits per heavy atom. The molecular formula is C24H21N3O2SSe. The van der Waals surface area contributed by atoms with E-state index in [0.717, 1.165) is 20.4 Å². The first-order valence-electron chi connectivity index (χ1n) is 9.71. The second-order valence-corrected chi connectivity index (χ2v) is 9.86. The third-order valence-corrected chi connectivity index (χ3v) is 7.82. The van der Waals surface area contributed by atoms with Gasteiger partial charge >= 0.3 is 193 Å². The van der Waals surface area contributed by atoms with Gasteiger partial charge in [0, 0.05) is 0 Å². The molecule has 0 aliphatic carbocycles. The SMILES string of the molecule is Cc1ccccc1N(c1ccccc1)c1ccc(C=C2C(=O)N(C)C(=S)N(C)C2=O)[se]1. The van der Waals surface area contributed by atoms with Crippen LogP contribution in [0.3, 0.4) is 0 Å². The van der Waals surface area contributed by atoms with Gasteiger partial charge in [-0.25, -0.2) is 0 Å². The van der Waals surface area contributed by atoms with Gasteiger partial charge in [0.25, 0.3) is 0 Å². The average Bonchev–Trinajstić information content (AvgIpc) is 3.24. The summed E-state index contributed by atoms with van der Waals surface area (Å²) in [5, 5.41) is 0.215. The van der Waals surface area contributed by atoms with Gasteiger partial charge in [-0.1, -0.05) is 0 Å². The summed E-state index contributed by atoms with van der Waals surface area (Å²) in [6.07, 6.45) is 1.71. The van der Waals surface area contributed by atoms with Gasteiger partial charge in [-0.05, 0) is 0 Å². The van der Waals surface area contributed by atoms with E-state index in [4.69, 9.17) is 12.2 Å². The number of para-hydroxylation sites is 2. The van der Waals surface area contributed by atoms with Crippen molar-refractivity contribution < 1.29 is 9.59 Å². The number of amides is 2. The van der Waals surface area contributed by atoms with Crippen molar-refractivity contribution >= 4 is 65.7 Å². The zero-order valence-corrected chi connectivity index (χ0v) is 19.9. The molecule has 0 bridgehead atoms. The summed E-state index contributed by atoms with van der Waals surface area (Å²) in [5.74, 6) is -0.728. The quantitative estimate of drug-likeness (QED) is 0.237. The molecule has 2 aromatic carbocycles. The third-order valence-electron chi connectivity index (χ3n) is 5.13. The number of carbonyl (C=O) groups excluding carboxylic acids is 2. The molecule has 31 heavy (non-hydrogen) atoms. The van der Waals surface area contributed by atoms with Crippen LogP contribution < -0.4 is 4.90 Å². The van der Waals surface area contributed by atoms with Crippen LogP contribution in [0.15, 0.2) is 72.3 Å². The Morgan fingerprint density at radius 2 is 1.48 bits per heavy atom. The van der Waals surface area contributed by atoms with E-state index in [1.165, 1.54) is 15.4 Å². The van der Waals surface area contributed by atoms with E-state index < -0.39 is 0 Å². The number of carbonyl (C=O) groups is 2. The van der Waals surface area contributed by atoms with Gasteiger partial charge < -0.3 is 0 Å². The summed E-state index contributed by atoms with van der Waals surface area (Å²) in [6, 6.07) is 22.5. The fourth-order valence-electron chi connectivity index (χ4n) is 3.43. The van der Waals surface area contributed by atoms with Crippen molar-refractivity contribution in [1.29, 1.82) is 0 Å². The van der Waals surface area contributed by atoms with E-state index in [1.54, 1.807) is 20.2 Å². The maximum atomic E-state index is 12.7. The first-order chi connectivity index (χ1) is 14.9. The Bertz CT molecular complexity index is 1180. The van der Waals surface area contributed by atoms with Crippen LogP contribution in [-0.4, -0.2) is 55.3 Å². The molecule has 0 N–H and O–H groups in total. The number of likely N-dealkylation sites (N-methyl/N-ethyl adjacent to an activating group) is 2. The van der Waals surface area contributed by atoms with Crippen molar-refractivity contribution in [2.75, 3.05) is 19.0 Å². The molecule has 3 aromatic rings. The van der Waals surface area contributed by atoms with Crippen LogP contribution >= 0.6 is 12.2 Å². The fraction of sp³-hybridized carbons (Fsp3) is 0.125. The zero-order valence-electron chi connectivity index (χ0n) is 17.4. The molecule has 2 amide bonds. The van der Waals surface area contributed by atoms with Crippen molar-refractivity contribution in [3.05, 3.63) is 82.3 Å². The molecule has 0 saturated carbocycles. The number of hydrogen-bond acceptors (Lipinski definition) is 4. The first kappa shape index (κ1) is 21.2. The van der Waals surface area contributed by atoms with Crippen molar-refractivity contribution in [2.24, 2.45) is 0 Å². The fourth-order valence-corrected chi connectivity index (χ4v) is 5.67. The van der Waals surface area contributed by atoms with Crippen LogP contribution in [0.4, 0.5) is 15.9 Å². The van der Waals surface area contributed by atoms with Gasteiger partial charge in [-0.2, -0.15) is 0 Å². The normalized spacial score (nSPS) is 14.3. The summed E-state index contributed by atoms with van der Waals surface area (Å²) in [5.41, 5.74) is 3.49. The third kappa shape index (κ3) is 4.00. The summed E-state index contributed by atoms with van der Waals surface area (Å²) in [6.45, 7) is 2.10. The molecule has 1 aliphatic heterocycles. The van der Waals surface area contributed by atoms with Crippen molar-refractivity contribution in [2.45, 2.75) is 6.92 Å². The first-order valence-corrected chi connectivity index (χ1v) is 11.8. The Morgan fingerprint density at radius 3 is 2.13 bits per heavy atom. The topological polar surface area (TPSA) is 43.9 Å². The number of nitrogens with zero attached hydrogens (tertiary/aromatic N) is 3. The Labute approximate surface area is 192 Å². The van der Waals surface area contributed by atoms with Crippen LogP contribution in [0.5, 0.6) is 0 Å². The number of aryl methyl sites for hydroxylation is 1. The maximum absolute atomic E-state index is 12.7. The average molecular weight is 494 g/mol. The predicted octanol–water partition coefficient (Wildman–Crippen LogP) is 4.12. The number of rotatable bonds is 4. The molecule has 156 valence electrons. The zero-order chi connectivity index (χ0) is 22.1. The number of anilines is 3. The summed E-state index contributed by atoms with van der Waals surface area (Å²) < 4.78 is 2.09. The molecular weight excluding hydrogens is 473 g/mol. The van der Waals surface area contributed by atoms with Gasteiger partial charge in [0.1, 0.15) is 0 Å². The molecule has 0 atom stereocenters. The van der Waals surface area contributed by atoms with E-state index in [2.05, 4.69) is 42.2 Å². The minimum atomic E-state index is -0.364. The summed E-state index contributed by atoms with van der Waals surface area (Å²) in [4.78, 5) is 30.2. The summed E-state index contributed by atoms with van der Waals surface area (Å²) >= 11 is 5.09. The van der Waals surface area contributed by atoms with Gasteiger partial charge in [0.15, 0.2) is 0 Å². The standard InChI is InChI=1S/C24H21N3O2SSe/c1-16-9-7-8-12-20(16)27(17-10-5-4-6-11-17)21-14-13-18(31-21)15-19-22(28)25(2)24(30)26(3)23(19)29/h4-15H,1-3H3. The molecule has 1 saturated heterocycles. The van der Waals surface area contributed by atoms with Crippen LogP contribution in [-0.2, 0) is 9.59 Å². The second-order valence-electron chi connectivity index (χ2n) is 7.20. The van der Waals surface area contributed by atoms with E-state index >= 15 is 0 Å². The van der Waals surface area contributed by atoms with Crippen molar-refractivity contribution in [3.63, 3.8) is 0 Å². The van der Waals surface area contributed by atoms with Crippen LogP contribution in [0, 0.1) is 6.92 Å². The van der Waals surface area contributed by atoms with Gasteiger partial charge in [-0.15, -0.1) is 0 Å². The number of hydrogen-bond donors (Lipinski definition) is 0. The minimum absolute atomic E-state index is 0.0826. The van der Waals surface area contributed by atoms with Gasteiger partial charge in [-0.3, -0.25) is 0 Å². The second kappa shape index (κ2) is 8.63. The Kier molecular flexibility index (Phi) is 5.92.